The highest BCUT2D eigenvalue weighted by Gasteiger charge is 2.44. The molecule has 36 heavy (non-hydrogen) atoms. The van der Waals surface area contributed by atoms with Crippen LogP contribution in [-0.2, 0) is 18.4 Å². The van der Waals surface area contributed by atoms with E-state index in [0.717, 1.165) is 4.57 Å². The van der Waals surface area contributed by atoms with Gasteiger partial charge < -0.3 is 75.6 Å². The maximum atomic E-state index is 11.9. The normalized spacial score (nSPS) is 22.6. The zero-order valence-corrected chi connectivity index (χ0v) is 20.4. The number of aliphatic hydroxyl groups excluding tert-OH is 3. The number of aromatic nitrogens is 2. The molecule has 0 aromatic carbocycles. The van der Waals surface area contributed by atoms with Crippen molar-refractivity contribution in [1.82, 2.24) is 9.55 Å². The Bertz CT molecular complexity index is 962. The third-order valence-corrected chi connectivity index (χ3v) is 3.42. The fourth-order valence-corrected chi connectivity index (χ4v) is 2.17. The number of nitrogen functional groups attached to an aromatic ring is 1. The predicted molar refractivity (Wildman–Crippen MR) is 116 cm³/mol. The number of anilines is 1. The average molecular weight is 592 g/mol. The third kappa shape index (κ3) is 17.9. The second-order valence-electron chi connectivity index (χ2n) is 6.30. The summed E-state index contributed by atoms with van der Waals surface area (Å²) in [5, 5.41) is 28.7. The molecule has 1 aliphatic rings. The summed E-state index contributed by atoms with van der Waals surface area (Å²) in [7, 11) is -13.9. The van der Waals surface area contributed by atoms with Gasteiger partial charge in [-0.1, -0.05) is 6.08 Å². The van der Waals surface area contributed by atoms with Gasteiger partial charge in [0.2, 0.25) is 0 Å². The van der Waals surface area contributed by atoms with Crippen molar-refractivity contribution in [2.45, 2.75) is 30.6 Å². The van der Waals surface area contributed by atoms with E-state index in [1.807, 2.05) is 0 Å². The number of nitrogens with zero attached hydrogens (tertiary/aromatic N) is 2. The van der Waals surface area contributed by atoms with Crippen LogP contribution in [0.4, 0.5) is 5.82 Å². The maximum absolute atomic E-state index is 11.9. The lowest BCUT2D eigenvalue weighted by Gasteiger charge is -2.19. The zero-order chi connectivity index (χ0) is 29.2. The lowest BCUT2D eigenvalue weighted by Crippen LogP contribution is -2.36. The molecule has 2 heterocycles. The van der Waals surface area contributed by atoms with E-state index in [9.17, 15) is 15.0 Å². The topological polar surface area (TPSA) is 390 Å². The van der Waals surface area contributed by atoms with Crippen molar-refractivity contribution in [2.75, 3.05) is 12.3 Å². The van der Waals surface area contributed by atoms with Crippen molar-refractivity contribution >= 4 is 29.3 Å². The van der Waals surface area contributed by atoms with Gasteiger partial charge >= 0.3 is 29.2 Å². The van der Waals surface area contributed by atoms with Gasteiger partial charge in [-0.05, 0) is 0 Å². The molecule has 0 radical (unpaired) electrons. The van der Waals surface area contributed by atoms with Crippen molar-refractivity contribution in [3.63, 3.8) is 0 Å². The number of aliphatic hydroxyl groups is 3. The maximum Gasteiger partial charge on any atom is 0.466 e. The van der Waals surface area contributed by atoms with Crippen LogP contribution in [0.1, 0.15) is 17.8 Å². The molecule has 1 aliphatic heterocycles. The van der Waals surface area contributed by atoms with Gasteiger partial charge in [-0.3, -0.25) is 4.57 Å². The molecular weight excluding hydrogens is 565 g/mol. The summed E-state index contributed by atoms with van der Waals surface area (Å²) in [6.07, 6.45) is -2.17. The van der Waals surface area contributed by atoms with Gasteiger partial charge in [0.05, 0.1) is 12.6 Å². The molecule has 212 valence electrons. The SMILES string of the molecule is C=CC(N)c1cn([C@@H]2O[C@H](CO)[C@@H](O)[C@H]2O)c(=O)nc1N.O=P(O)(O)O.O=P(O)(O)O.O=P(O)(O)O. The Kier molecular flexibility index (Phi) is 15.4. The Morgan fingerprint density at radius 3 is 1.69 bits per heavy atom. The Balaban J connectivity index is 0. The molecule has 1 aromatic heterocycles. The van der Waals surface area contributed by atoms with E-state index in [-0.39, 0.29) is 5.82 Å². The van der Waals surface area contributed by atoms with Gasteiger partial charge in [0.1, 0.15) is 24.1 Å². The molecular formula is C12H27N4O17P3. The Hall–Kier alpha value is -1.45. The molecule has 0 amide bonds. The highest BCUT2D eigenvalue weighted by molar-refractivity contribution is 7.45. The Morgan fingerprint density at radius 1 is 1.00 bits per heavy atom. The van der Waals surface area contributed by atoms with Crippen molar-refractivity contribution in [3.8, 4) is 0 Å². The summed E-state index contributed by atoms with van der Waals surface area (Å²) < 4.78 is 32.9. The zero-order valence-electron chi connectivity index (χ0n) is 17.8. The van der Waals surface area contributed by atoms with Crippen molar-refractivity contribution < 1.29 is 77.8 Å². The van der Waals surface area contributed by atoms with E-state index in [2.05, 4.69) is 11.6 Å². The minimum atomic E-state index is -4.64. The van der Waals surface area contributed by atoms with Crippen molar-refractivity contribution in [2.24, 2.45) is 5.73 Å². The van der Waals surface area contributed by atoms with E-state index in [1.54, 1.807) is 0 Å². The molecule has 0 bridgehead atoms. The number of hydrogen-bond donors (Lipinski definition) is 14. The van der Waals surface area contributed by atoms with Crippen LogP contribution in [0.25, 0.3) is 0 Å². The van der Waals surface area contributed by atoms with Gasteiger partial charge in [0.25, 0.3) is 0 Å². The fraction of sp³-hybridized carbons (Fsp3) is 0.500. The number of hydrogen-bond acceptors (Lipinski definition) is 11. The summed E-state index contributed by atoms with van der Waals surface area (Å²) in [6.45, 7) is 3.04. The summed E-state index contributed by atoms with van der Waals surface area (Å²) >= 11 is 0. The van der Waals surface area contributed by atoms with Gasteiger partial charge in [-0.15, -0.1) is 6.58 Å². The van der Waals surface area contributed by atoms with Crippen LogP contribution in [0, 0.1) is 0 Å². The van der Waals surface area contributed by atoms with Crippen molar-refractivity contribution in [3.05, 3.63) is 34.9 Å². The first-order valence-corrected chi connectivity index (χ1v) is 13.3. The second kappa shape index (κ2) is 15.1. The van der Waals surface area contributed by atoms with Crippen LogP contribution in [0.3, 0.4) is 0 Å². The lowest BCUT2D eigenvalue weighted by molar-refractivity contribution is -0.0550. The van der Waals surface area contributed by atoms with Crippen LogP contribution in [0.15, 0.2) is 23.6 Å². The van der Waals surface area contributed by atoms with E-state index in [0.29, 0.717) is 5.56 Å². The van der Waals surface area contributed by atoms with Crippen LogP contribution < -0.4 is 17.2 Å². The first kappa shape index (κ1) is 36.7. The first-order valence-electron chi connectivity index (χ1n) is 8.64. The van der Waals surface area contributed by atoms with Crippen molar-refractivity contribution in [1.29, 1.82) is 0 Å². The van der Waals surface area contributed by atoms with Gasteiger partial charge in [-0.25, -0.2) is 18.5 Å². The number of nitrogens with two attached hydrogens (primary N) is 2. The lowest BCUT2D eigenvalue weighted by atomic mass is 10.1. The Labute approximate surface area is 200 Å². The monoisotopic (exact) mass is 592 g/mol. The van der Waals surface area contributed by atoms with Gasteiger partial charge in [0.15, 0.2) is 6.23 Å². The molecule has 1 saturated heterocycles. The summed E-state index contributed by atoms with van der Waals surface area (Å²) in [6, 6.07) is -0.651. The molecule has 0 saturated carbocycles. The van der Waals surface area contributed by atoms with Crippen LogP contribution in [0.2, 0.25) is 0 Å². The van der Waals surface area contributed by atoms with Gasteiger partial charge in [-0.2, -0.15) is 4.98 Å². The van der Waals surface area contributed by atoms with Crippen LogP contribution in [-0.4, -0.2) is 93.8 Å². The fourth-order valence-electron chi connectivity index (χ4n) is 2.17. The molecule has 2 rings (SSSR count). The summed E-state index contributed by atoms with van der Waals surface area (Å²) in [4.78, 5) is 80.2. The molecule has 1 fully saturated rings. The van der Waals surface area contributed by atoms with E-state index in [4.69, 9.17) is 79.0 Å². The number of ether oxygens (including phenoxy) is 1. The molecule has 24 heteroatoms. The van der Waals surface area contributed by atoms with Crippen LogP contribution >= 0.6 is 23.5 Å². The Morgan fingerprint density at radius 2 is 1.39 bits per heavy atom. The van der Waals surface area contributed by atoms with E-state index >= 15 is 0 Å². The minimum Gasteiger partial charge on any atom is -0.394 e. The highest BCUT2D eigenvalue weighted by Crippen LogP contribution is 2.29. The molecule has 1 unspecified atom stereocenters. The largest absolute Gasteiger partial charge is 0.466 e. The minimum absolute atomic E-state index is 0.0459. The number of rotatable bonds is 4. The highest BCUT2D eigenvalue weighted by atomic mass is 31.2. The average Bonchev–Trinajstić information content (AvgIpc) is 2.92. The summed E-state index contributed by atoms with van der Waals surface area (Å²) in [5.74, 6) is -0.0459. The molecule has 0 aliphatic carbocycles. The standard InChI is InChI=1S/C12H18N4O5.3H3O4P/c1-2-6(13)5-3-16(12(20)15-10(5)14)11-9(19)8(18)7(4-17)21-11;3*1-5(2,3)4/h2-3,6-9,11,17-19H,1,4,13H2,(H2,14,15,20);3*(H3,1,2,3,4)/t6?,7-,8-,9-,11-;;;/m1.../s1. The second-order valence-corrected chi connectivity index (χ2v) is 9.38. The first-order chi connectivity index (χ1) is 15.9. The van der Waals surface area contributed by atoms with Gasteiger partial charge in [0, 0.05) is 11.8 Å². The smallest absolute Gasteiger partial charge is 0.394 e. The quantitative estimate of drug-likeness (QED) is 0.115. The third-order valence-electron chi connectivity index (χ3n) is 3.42. The van der Waals surface area contributed by atoms with Crippen LogP contribution in [0.5, 0.6) is 0 Å². The molecule has 5 atom stereocenters. The number of phosphoric acid groups is 3. The molecule has 0 spiro atoms. The van der Waals surface area contributed by atoms with E-state index in [1.165, 1.54) is 12.3 Å². The molecule has 16 N–H and O–H groups in total. The van der Waals surface area contributed by atoms with E-state index < -0.39 is 66.3 Å². The molecule has 21 nitrogen and oxygen atoms in total. The summed E-state index contributed by atoms with van der Waals surface area (Å²) in [5.41, 5.74) is 11.0. The molecule has 1 aromatic rings. The predicted octanol–water partition coefficient (Wildman–Crippen LogP) is -5.16.